The number of carboxylic acids is 1. The minimum atomic E-state index is -1.71. The molecule has 0 amide bonds. The molecule has 1 spiro atoms. The summed E-state index contributed by atoms with van der Waals surface area (Å²) >= 11 is 0. The highest BCUT2D eigenvalue weighted by molar-refractivity contribution is 6.78. The number of carbonyl (C=O) groups excluding carboxylic acids is 1. The maximum atomic E-state index is 12.8. The predicted octanol–water partition coefficient (Wildman–Crippen LogP) is 3.09. The summed E-state index contributed by atoms with van der Waals surface area (Å²) in [6.07, 6.45) is 6.16. The molecule has 0 saturated heterocycles. The second kappa shape index (κ2) is 3.81. The highest BCUT2D eigenvalue weighted by Gasteiger charge is 2.69. The molecule has 4 heteroatoms. The molecule has 3 aliphatic carbocycles. The molecule has 3 nitrogen and oxygen atoms in total. The smallest absolute Gasteiger partial charge is 0.307 e. The van der Waals surface area contributed by atoms with Gasteiger partial charge < -0.3 is 5.11 Å². The maximum absolute atomic E-state index is 12.8. The lowest BCUT2D eigenvalue weighted by Gasteiger charge is -2.46. The van der Waals surface area contributed by atoms with Crippen LogP contribution in [0, 0.1) is 17.3 Å². The van der Waals surface area contributed by atoms with Crippen LogP contribution in [0.25, 0.3) is 0 Å². The van der Waals surface area contributed by atoms with Gasteiger partial charge in [0, 0.05) is 8.07 Å². The Bertz CT molecular complexity index is 488. The number of hydrogen-bond acceptors (Lipinski definition) is 2. The van der Waals surface area contributed by atoms with E-state index < -0.39 is 20.0 Å². The molecule has 2 bridgehead atoms. The van der Waals surface area contributed by atoms with E-state index in [4.69, 9.17) is 0 Å². The van der Waals surface area contributed by atoms with Crippen molar-refractivity contribution >= 4 is 19.8 Å². The zero-order valence-electron chi connectivity index (χ0n) is 11.9. The second-order valence-corrected chi connectivity index (χ2v) is 12.8. The normalized spacial score (nSPS) is 41.1. The number of hydrogen-bond donors (Lipinski definition) is 1. The summed E-state index contributed by atoms with van der Waals surface area (Å²) in [7, 11) is -1.71. The average Bonchev–Trinajstić information content (AvgIpc) is 2.73. The first-order valence-corrected chi connectivity index (χ1v) is 10.9. The van der Waals surface area contributed by atoms with Crippen LogP contribution >= 0.6 is 0 Å². The van der Waals surface area contributed by atoms with Gasteiger partial charge in [0.1, 0.15) is 0 Å². The van der Waals surface area contributed by atoms with Gasteiger partial charge >= 0.3 is 5.97 Å². The van der Waals surface area contributed by atoms with Crippen molar-refractivity contribution in [3.8, 4) is 0 Å². The first kappa shape index (κ1) is 13.1. The number of fused-ring (bicyclic) bond motifs is 1. The zero-order valence-corrected chi connectivity index (χ0v) is 12.9. The Morgan fingerprint density at radius 2 is 2.05 bits per heavy atom. The number of aliphatic carboxylic acids is 1. The quantitative estimate of drug-likeness (QED) is 0.624. The molecule has 0 aromatic carbocycles. The topological polar surface area (TPSA) is 54.4 Å². The molecule has 104 valence electrons. The van der Waals surface area contributed by atoms with E-state index in [2.05, 4.69) is 19.6 Å². The third-order valence-corrected chi connectivity index (χ3v) is 8.18. The van der Waals surface area contributed by atoms with Crippen molar-refractivity contribution in [3.05, 3.63) is 11.6 Å². The fourth-order valence-corrected chi connectivity index (χ4v) is 8.45. The van der Waals surface area contributed by atoms with E-state index >= 15 is 0 Å². The first-order valence-electron chi connectivity index (χ1n) is 7.28. The summed E-state index contributed by atoms with van der Waals surface area (Å²) in [6, 6.07) is 0. The van der Waals surface area contributed by atoms with E-state index in [0.29, 0.717) is 0 Å². The highest BCUT2D eigenvalue weighted by atomic mass is 28.3. The predicted molar refractivity (Wildman–Crippen MR) is 75.7 cm³/mol. The van der Waals surface area contributed by atoms with E-state index in [1.165, 1.54) is 5.57 Å². The fourth-order valence-electron chi connectivity index (χ4n) is 5.07. The standard InChI is InChI=1S/C15H22O3Si/c1-19(2,3)13-11(14(17)18)10-8-9-6-4-5-7-15(9,13)12(10)16/h8,10-11,13H,4-7H2,1-3H3,(H,17,18)/t10-,11-,13-,15-/m1/s1. The number of rotatable bonds is 2. The van der Waals surface area contributed by atoms with Crippen molar-refractivity contribution in [2.75, 3.05) is 0 Å². The van der Waals surface area contributed by atoms with E-state index in [1.54, 1.807) is 0 Å². The molecule has 1 N–H and O–H groups in total. The van der Waals surface area contributed by atoms with Gasteiger partial charge in [0.15, 0.2) is 5.78 Å². The number of allylic oxidation sites excluding steroid dienone is 2. The summed E-state index contributed by atoms with van der Waals surface area (Å²) < 4.78 is 0. The van der Waals surface area contributed by atoms with E-state index in [1.807, 2.05) is 6.08 Å². The minimum absolute atomic E-state index is 0.0929. The summed E-state index contributed by atoms with van der Waals surface area (Å²) in [5.41, 5.74) is 1.00. The Morgan fingerprint density at radius 1 is 1.37 bits per heavy atom. The fraction of sp³-hybridized carbons (Fsp3) is 0.733. The van der Waals surface area contributed by atoms with Crippen LogP contribution in [0.1, 0.15) is 25.7 Å². The number of ketones is 1. The molecule has 0 heterocycles. The Kier molecular flexibility index (Phi) is 2.63. The third-order valence-electron chi connectivity index (χ3n) is 5.46. The van der Waals surface area contributed by atoms with E-state index in [-0.39, 0.29) is 22.7 Å². The molecule has 0 aromatic heterocycles. The number of carboxylic acid groups (broad SMARTS) is 1. The molecule has 3 aliphatic rings. The van der Waals surface area contributed by atoms with Gasteiger partial charge in [-0.3, -0.25) is 9.59 Å². The molecular formula is C15H22O3Si. The number of carbonyl (C=O) groups is 2. The molecule has 2 fully saturated rings. The van der Waals surface area contributed by atoms with Crippen molar-refractivity contribution in [1.82, 2.24) is 0 Å². The van der Waals surface area contributed by atoms with Crippen LogP contribution in [-0.4, -0.2) is 24.9 Å². The largest absolute Gasteiger partial charge is 0.481 e. The van der Waals surface area contributed by atoms with Crippen LogP contribution in [0.4, 0.5) is 0 Å². The van der Waals surface area contributed by atoms with Gasteiger partial charge in [-0.1, -0.05) is 37.7 Å². The first-order chi connectivity index (χ1) is 8.80. The van der Waals surface area contributed by atoms with Gasteiger partial charge in [0.25, 0.3) is 0 Å². The van der Waals surface area contributed by atoms with Crippen LogP contribution in [0.2, 0.25) is 25.2 Å². The molecule has 0 unspecified atom stereocenters. The van der Waals surface area contributed by atoms with Gasteiger partial charge in [-0.15, -0.1) is 0 Å². The van der Waals surface area contributed by atoms with Crippen LogP contribution < -0.4 is 0 Å². The van der Waals surface area contributed by atoms with Crippen LogP contribution in [0.15, 0.2) is 11.6 Å². The average molecular weight is 278 g/mol. The van der Waals surface area contributed by atoms with Gasteiger partial charge in [-0.05, 0) is 24.8 Å². The van der Waals surface area contributed by atoms with Crippen LogP contribution in [-0.2, 0) is 9.59 Å². The zero-order chi connectivity index (χ0) is 14.0. The van der Waals surface area contributed by atoms with Gasteiger partial charge in [0.2, 0.25) is 0 Å². The molecule has 0 aromatic rings. The van der Waals surface area contributed by atoms with Crippen molar-refractivity contribution in [3.63, 3.8) is 0 Å². The lowest BCUT2D eigenvalue weighted by molar-refractivity contribution is -0.143. The van der Waals surface area contributed by atoms with Crippen molar-refractivity contribution in [1.29, 1.82) is 0 Å². The minimum Gasteiger partial charge on any atom is -0.481 e. The summed E-state index contributed by atoms with van der Waals surface area (Å²) in [5, 5.41) is 9.61. The van der Waals surface area contributed by atoms with Gasteiger partial charge in [-0.2, -0.15) is 0 Å². The Hall–Kier alpha value is -0.903. The Balaban J connectivity index is 2.17. The number of Topliss-reactive ketones (excluding diaryl/α,β-unsaturated/α-hetero) is 1. The lowest BCUT2D eigenvalue weighted by Crippen LogP contribution is -2.46. The van der Waals surface area contributed by atoms with E-state index in [9.17, 15) is 14.7 Å². The molecular weight excluding hydrogens is 256 g/mol. The SMILES string of the molecule is C[Si](C)(C)[C@@H]1[C@H](C(=O)O)[C@H]2C=C3CCCC[C@]31C2=O. The Labute approximate surface area is 115 Å². The molecule has 0 aliphatic heterocycles. The Morgan fingerprint density at radius 3 is 2.63 bits per heavy atom. The maximum Gasteiger partial charge on any atom is 0.307 e. The monoisotopic (exact) mass is 278 g/mol. The molecule has 4 atom stereocenters. The van der Waals surface area contributed by atoms with Crippen molar-refractivity contribution in [2.24, 2.45) is 17.3 Å². The third kappa shape index (κ3) is 1.49. The van der Waals surface area contributed by atoms with Crippen molar-refractivity contribution in [2.45, 2.75) is 50.9 Å². The summed E-state index contributed by atoms with van der Waals surface area (Å²) in [5.74, 6) is -1.31. The molecule has 19 heavy (non-hydrogen) atoms. The van der Waals surface area contributed by atoms with Gasteiger partial charge in [0.05, 0.1) is 17.3 Å². The van der Waals surface area contributed by atoms with Crippen LogP contribution in [0.5, 0.6) is 0 Å². The highest BCUT2D eigenvalue weighted by Crippen LogP contribution is 2.68. The second-order valence-electron chi connectivity index (χ2n) is 7.47. The van der Waals surface area contributed by atoms with Crippen LogP contribution in [0.3, 0.4) is 0 Å². The molecule has 0 radical (unpaired) electrons. The summed E-state index contributed by atoms with van der Waals surface area (Å²) in [4.78, 5) is 24.5. The lowest BCUT2D eigenvalue weighted by atomic mass is 9.68. The molecule has 3 rings (SSSR count). The van der Waals surface area contributed by atoms with Gasteiger partial charge in [-0.25, -0.2) is 0 Å². The molecule has 2 saturated carbocycles. The summed E-state index contributed by atoms with van der Waals surface area (Å²) in [6.45, 7) is 6.67. The van der Waals surface area contributed by atoms with E-state index in [0.717, 1.165) is 25.7 Å². The van der Waals surface area contributed by atoms with Crippen molar-refractivity contribution < 1.29 is 14.7 Å².